The average molecular weight is 362 g/mol. The molecule has 25 heavy (non-hydrogen) atoms. The number of esters is 1. The van der Waals surface area contributed by atoms with E-state index in [2.05, 4.69) is 5.32 Å². The highest BCUT2D eigenvalue weighted by Gasteiger charge is 2.21. The van der Waals surface area contributed by atoms with Gasteiger partial charge in [-0.15, -0.1) is 0 Å². The largest absolute Gasteiger partial charge is 0.497 e. The van der Waals surface area contributed by atoms with Gasteiger partial charge in [-0.1, -0.05) is 30.7 Å². The minimum atomic E-state index is -0.845. The van der Waals surface area contributed by atoms with Crippen LogP contribution in [0.5, 0.6) is 5.75 Å². The maximum atomic E-state index is 12.3. The summed E-state index contributed by atoms with van der Waals surface area (Å²) >= 11 is 5.82. The van der Waals surface area contributed by atoms with Crippen LogP contribution in [0.1, 0.15) is 18.9 Å². The highest BCUT2D eigenvalue weighted by Crippen LogP contribution is 2.16. The number of anilines is 1. The van der Waals surface area contributed by atoms with E-state index in [1.54, 1.807) is 62.6 Å². The Hall–Kier alpha value is -2.53. The van der Waals surface area contributed by atoms with Crippen molar-refractivity contribution in [1.29, 1.82) is 0 Å². The fourth-order valence-corrected chi connectivity index (χ4v) is 2.31. The third-order valence-corrected chi connectivity index (χ3v) is 3.81. The van der Waals surface area contributed by atoms with Crippen LogP contribution in [0.25, 0.3) is 0 Å². The Kier molecular flexibility index (Phi) is 6.83. The summed E-state index contributed by atoms with van der Waals surface area (Å²) in [5.41, 5.74) is 1.39. The first-order valence-electron chi connectivity index (χ1n) is 7.90. The van der Waals surface area contributed by atoms with Gasteiger partial charge in [-0.2, -0.15) is 0 Å². The monoisotopic (exact) mass is 361 g/mol. The number of carbonyl (C=O) groups excluding carboxylic acids is 2. The Balaban J connectivity index is 1.92. The van der Waals surface area contributed by atoms with Gasteiger partial charge in [-0.3, -0.25) is 9.59 Å². The predicted molar refractivity (Wildman–Crippen MR) is 97.0 cm³/mol. The number of methoxy groups -OCH3 is 1. The summed E-state index contributed by atoms with van der Waals surface area (Å²) in [4.78, 5) is 24.3. The molecule has 5 nitrogen and oxygen atoms in total. The van der Waals surface area contributed by atoms with Crippen molar-refractivity contribution in [3.63, 3.8) is 0 Å². The van der Waals surface area contributed by atoms with E-state index in [1.807, 2.05) is 0 Å². The predicted octanol–water partition coefficient (Wildman–Crippen LogP) is 3.85. The van der Waals surface area contributed by atoms with E-state index in [4.69, 9.17) is 21.1 Å². The number of amides is 1. The van der Waals surface area contributed by atoms with Crippen LogP contribution < -0.4 is 10.1 Å². The molecule has 0 bridgehead atoms. The first kappa shape index (κ1) is 18.8. The van der Waals surface area contributed by atoms with Crippen LogP contribution in [-0.4, -0.2) is 25.1 Å². The van der Waals surface area contributed by atoms with Gasteiger partial charge in [0.15, 0.2) is 6.10 Å². The Morgan fingerprint density at radius 3 is 2.28 bits per heavy atom. The average Bonchev–Trinajstić information content (AvgIpc) is 2.62. The van der Waals surface area contributed by atoms with Crippen LogP contribution in [0.4, 0.5) is 5.69 Å². The molecule has 132 valence electrons. The molecule has 2 aromatic carbocycles. The topological polar surface area (TPSA) is 64.6 Å². The molecular formula is C19H20ClNO4. The molecule has 0 heterocycles. The van der Waals surface area contributed by atoms with Crippen molar-refractivity contribution in [3.05, 3.63) is 59.1 Å². The minimum absolute atomic E-state index is 0.0868. The number of rotatable bonds is 7. The van der Waals surface area contributed by atoms with Crippen LogP contribution in [0, 0.1) is 0 Å². The summed E-state index contributed by atoms with van der Waals surface area (Å²) in [6.45, 7) is 1.79. The SMILES string of the molecule is CC[C@@H](OC(=O)Cc1ccc(Cl)cc1)C(=O)Nc1ccc(OC)cc1. The molecule has 1 N–H and O–H groups in total. The first-order valence-corrected chi connectivity index (χ1v) is 8.28. The Morgan fingerprint density at radius 2 is 1.72 bits per heavy atom. The van der Waals surface area contributed by atoms with Crippen molar-refractivity contribution in [3.8, 4) is 5.75 Å². The number of hydrogen-bond acceptors (Lipinski definition) is 4. The van der Waals surface area contributed by atoms with E-state index in [1.165, 1.54) is 0 Å². The lowest BCUT2D eigenvalue weighted by Crippen LogP contribution is -2.32. The van der Waals surface area contributed by atoms with Crippen LogP contribution in [0.3, 0.4) is 0 Å². The quantitative estimate of drug-likeness (QED) is 0.761. The van der Waals surface area contributed by atoms with E-state index >= 15 is 0 Å². The van der Waals surface area contributed by atoms with Gasteiger partial charge in [-0.05, 0) is 48.4 Å². The summed E-state index contributed by atoms with van der Waals surface area (Å²) in [5, 5.41) is 3.33. The van der Waals surface area contributed by atoms with E-state index in [0.717, 1.165) is 5.56 Å². The Bertz CT molecular complexity index is 713. The zero-order chi connectivity index (χ0) is 18.2. The number of ether oxygens (including phenoxy) is 2. The molecule has 0 aliphatic rings. The summed E-state index contributed by atoms with van der Waals surface area (Å²) in [7, 11) is 1.57. The van der Waals surface area contributed by atoms with Gasteiger partial charge in [0, 0.05) is 10.7 Å². The summed E-state index contributed by atoms with van der Waals surface area (Å²) < 4.78 is 10.4. The molecule has 0 saturated carbocycles. The van der Waals surface area contributed by atoms with E-state index in [0.29, 0.717) is 22.9 Å². The van der Waals surface area contributed by atoms with Gasteiger partial charge >= 0.3 is 5.97 Å². The lowest BCUT2D eigenvalue weighted by Gasteiger charge is -2.16. The second-order valence-corrected chi connectivity index (χ2v) is 5.84. The molecule has 2 aromatic rings. The van der Waals surface area contributed by atoms with Crippen LogP contribution in [-0.2, 0) is 20.7 Å². The summed E-state index contributed by atoms with van der Waals surface area (Å²) in [6.07, 6.45) is -0.375. The highest BCUT2D eigenvalue weighted by molar-refractivity contribution is 6.30. The molecule has 0 aromatic heterocycles. The molecule has 1 amide bonds. The van der Waals surface area contributed by atoms with Crippen molar-refractivity contribution >= 4 is 29.2 Å². The maximum Gasteiger partial charge on any atom is 0.311 e. The second kappa shape index (κ2) is 9.08. The smallest absolute Gasteiger partial charge is 0.311 e. The van der Waals surface area contributed by atoms with Crippen molar-refractivity contribution in [1.82, 2.24) is 0 Å². The molecule has 0 spiro atoms. The Labute approximate surface area is 151 Å². The minimum Gasteiger partial charge on any atom is -0.497 e. The lowest BCUT2D eigenvalue weighted by atomic mass is 10.1. The molecule has 0 saturated heterocycles. The lowest BCUT2D eigenvalue weighted by molar-refractivity contribution is -0.153. The first-order chi connectivity index (χ1) is 12.0. The van der Waals surface area contributed by atoms with Crippen molar-refractivity contribution in [2.45, 2.75) is 25.9 Å². The van der Waals surface area contributed by atoms with Crippen LogP contribution in [0.15, 0.2) is 48.5 Å². The van der Waals surface area contributed by atoms with Crippen molar-refractivity contribution in [2.75, 3.05) is 12.4 Å². The molecule has 0 unspecified atom stereocenters. The third-order valence-electron chi connectivity index (χ3n) is 3.56. The molecule has 2 rings (SSSR count). The number of carbonyl (C=O) groups is 2. The van der Waals surface area contributed by atoms with Gasteiger partial charge in [0.05, 0.1) is 13.5 Å². The van der Waals surface area contributed by atoms with Gasteiger partial charge in [-0.25, -0.2) is 0 Å². The molecular weight excluding hydrogens is 342 g/mol. The normalized spacial score (nSPS) is 11.5. The zero-order valence-corrected chi connectivity index (χ0v) is 14.9. The fourth-order valence-electron chi connectivity index (χ4n) is 2.19. The molecule has 0 fully saturated rings. The van der Waals surface area contributed by atoms with Gasteiger partial charge in [0.25, 0.3) is 5.91 Å². The summed E-state index contributed by atoms with van der Waals surface area (Å²) in [6, 6.07) is 13.8. The number of halogens is 1. The standard InChI is InChI=1S/C19H20ClNO4/c1-3-17(19(23)21-15-8-10-16(24-2)11-9-15)25-18(22)12-13-4-6-14(20)7-5-13/h4-11,17H,3,12H2,1-2H3,(H,21,23)/t17-/m1/s1. The highest BCUT2D eigenvalue weighted by atomic mass is 35.5. The third kappa shape index (κ3) is 5.80. The van der Waals surface area contributed by atoms with Crippen LogP contribution >= 0.6 is 11.6 Å². The Morgan fingerprint density at radius 1 is 1.08 bits per heavy atom. The fraction of sp³-hybridized carbons (Fsp3) is 0.263. The molecule has 0 aliphatic carbocycles. The molecule has 1 atom stereocenters. The number of hydrogen-bond donors (Lipinski definition) is 1. The van der Waals surface area contributed by atoms with Crippen LogP contribution in [0.2, 0.25) is 5.02 Å². The van der Waals surface area contributed by atoms with Gasteiger partial charge in [0.1, 0.15) is 5.75 Å². The van der Waals surface area contributed by atoms with E-state index in [-0.39, 0.29) is 12.3 Å². The van der Waals surface area contributed by atoms with Gasteiger partial charge in [0.2, 0.25) is 0 Å². The zero-order valence-electron chi connectivity index (χ0n) is 14.1. The summed E-state index contributed by atoms with van der Waals surface area (Å²) in [5.74, 6) is -0.129. The van der Waals surface area contributed by atoms with Crippen molar-refractivity contribution < 1.29 is 19.1 Å². The van der Waals surface area contributed by atoms with E-state index < -0.39 is 12.1 Å². The molecule has 0 radical (unpaired) electrons. The number of benzene rings is 2. The molecule has 6 heteroatoms. The van der Waals surface area contributed by atoms with Gasteiger partial charge < -0.3 is 14.8 Å². The van der Waals surface area contributed by atoms with Crippen molar-refractivity contribution in [2.24, 2.45) is 0 Å². The second-order valence-electron chi connectivity index (χ2n) is 5.41. The maximum absolute atomic E-state index is 12.3. The van der Waals surface area contributed by atoms with E-state index in [9.17, 15) is 9.59 Å². The number of nitrogens with one attached hydrogen (secondary N) is 1. The molecule has 0 aliphatic heterocycles.